The van der Waals surface area contributed by atoms with Gasteiger partial charge in [0.15, 0.2) is 34.6 Å². The summed E-state index contributed by atoms with van der Waals surface area (Å²) in [4.78, 5) is 30.3. The molecule has 216 valence electrons. The second kappa shape index (κ2) is 8.73. The zero-order valence-corrected chi connectivity index (χ0v) is 24.7. The van der Waals surface area contributed by atoms with Gasteiger partial charge in [-0.1, -0.05) is 48.5 Å². The van der Waals surface area contributed by atoms with Crippen molar-refractivity contribution in [3.05, 3.63) is 140 Å². The van der Waals surface area contributed by atoms with Gasteiger partial charge in [-0.05, 0) is 68.8 Å². The van der Waals surface area contributed by atoms with Crippen LogP contribution in [0.3, 0.4) is 0 Å². The Labute approximate surface area is 254 Å². The minimum absolute atomic E-state index is 0.0375. The highest BCUT2D eigenvalue weighted by Gasteiger charge is 2.57. The van der Waals surface area contributed by atoms with Crippen molar-refractivity contribution in [2.45, 2.75) is 23.7 Å². The summed E-state index contributed by atoms with van der Waals surface area (Å²) in [5.41, 5.74) is 10.6. The molecule has 0 spiro atoms. The summed E-state index contributed by atoms with van der Waals surface area (Å²) < 4.78 is 22.8. The predicted molar refractivity (Wildman–Crippen MR) is 163 cm³/mol. The molecule has 4 bridgehead atoms. The van der Waals surface area contributed by atoms with Gasteiger partial charge in [0.25, 0.3) is 0 Å². The molecule has 0 aliphatic heterocycles. The van der Waals surface area contributed by atoms with E-state index in [1.165, 1.54) is 0 Å². The number of methoxy groups -OCH3 is 4. The van der Waals surface area contributed by atoms with Crippen molar-refractivity contribution >= 4 is 11.6 Å². The maximum absolute atomic E-state index is 15.1. The molecule has 7 aliphatic carbocycles. The molecule has 11 rings (SSSR count). The summed E-state index contributed by atoms with van der Waals surface area (Å²) in [5.74, 6) is 0.816. The van der Waals surface area contributed by atoms with Gasteiger partial charge >= 0.3 is 0 Å². The summed E-state index contributed by atoms with van der Waals surface area (Å²) >= 11 is 0. The van der Waals surface area contributed by atoms with Crippen LogP contribution in [0.1, 0.15) is 68.2 Å². The Morgan fingerprint density at radius 3 is 0.818 bits per heavy atom. The van der Waals surface area contributed by atoms with E-state index in [9.17, 15) is 0 Å². The largest absolute Gasteiger partial charge is 0.493 e. The number of hydrogen-bond donors (Lipinski definition) is 0. The third-order valence-corrected chi connectivity index (χ3v) is 10.4. The van der Waals surface area contributed by atoms with E-state index in [1.54, 1.807) is 28.4 Å². The number of carbonyl (C=O) groups is 2. The van der Waals surface area contributed by atoms with Crippen LogP contribution in [0.25, 0.3) is 0 Å². The first-order valence-corrected chi connectivity index (χ1v) is 14.8. The van der Waals surface area contributed by atoms with Crippen LogP contribution < -0.4 is 18.9 Å². The fourth-order valence-electron chi connectivity index (χ4n) is 8.73. The number of ketones is 2. The standard InChI is InChI=1S/C38H28O6/c1-41-25-13-21-22(14-26(25)42-2)30-18-10-6-5-9-17(18)29(21)33-34(30)38(40)36-32-20-12-8-7-11-19(20)31(35(36)37(33)39)23-15-27(43-3)28(44-4)16-24(23)32/h5-16,29-32H,1-4H3/t29-,30?,31-,32?/m1/s1. The van der Waals surface area contributed by atoms with Crippen LogP contribution in [0.15, 0.2) is 95.1 Å². The Balaban J connectivity index is 1.31. The number of Topliss-reactive ketones (excluding diaryl/α,β-unsaturated/α-hetero) is 2. The molecule has 0 saturated heterocycles. The molecule has 0 fully saturated rings. The predicted octanol–water partition coefficient (Wildman–Crippen LogP) is 6.35. The minimum Gasteiger partial charge on any atom is -0.493 e. The Morgan fingerprint density at radius 2 is 0.614 bits per heavy atom. The molecule has 6 heteroatoms. The fraction of sp³-hybridized carbons (Fsp3) is 0.211. The normalized spacial score (nSPS) is 22.9. The highest BCUT2D eigenvalue weighted by atomic mass is 16.5. The number of benzene rings is 4. The monoisotopic (exact) mass is 580 g/mol. The van der Waals surface area contributed by atoms with Gasteiger partial charge in [0.2, 0.25) is 0 Å². The summed E-state index contributed by atoms with van der Waals surface area (Å²) in [5, 5.41) is 0. The van der Waals surface area contributed by atoms with Crippen LogP contribution in [0, 0.1) is 0 Å². The molecule has 4 atom stereocenters. The SMILES string of the molecule is COc1cc2c(cc1OC)[C@@H]1C3=C(C(=O)C4=C(C3=O)[C@@H]3c5ccccc5C4c4cc(OC)c(OC)cc43)C2c2ccccc21. The first kappa shape index (κ1) is 25.4. The highest BCUT2D eigenvalue weighted by molar-refractivity contribution is 6.30. The second-order valence-electron chi connectivity index (χ2n) is 12.0. The summed E-state index contributed by atoms with van der Waals surface area (Å²) in [6.45, 7) is 0. The van der Waals surface area contributed by atoms with Crippen LogP contribution in [0.2, 0.25) is 0 Å². The van der Waals surface area contributed by atoms with Crippen molar-refractivity contribution < 1.29 is 28.5 Å². The van der Waals surface area contributed by atoms with E-state index < -0.39 is 0 Å². The van der Waals surface area contributed by atoms with E-state index >= 15 is 9.59 Å². The maximum atomic E-state index is 15.1. The van der Waals surface area contributed by atoms with E-state index in [0.29, 0.717) is 45.3 Å². The zero-order chi connectivity index (χ0) is 30.0. The molecule has 4 aromatic rings. The van der Waals surface area contributed by atoms with Crippen molar-refractivity contribution in [1.29, 1.82) is 0 Å². The summed E-state index contributed by atoms with van der Waals surface area (Å²) in [6.07, 6.45) is 0. The molecular weight excluding hydrogens is 552 g/mol. The van der Waals surface area contributed by atoms with E-state index in [1.807, 2.05) is 48.5 Å². The molecule has 0 saturated carbocycles. The van der Waals surface area contributed by atoms with E-state index in [4.69, 9.17) is 18.9 Å². The number of allylic oxidation sites excluding steroid dienone is 4. The van der Waals surface area contributed by atoms with Gasteiger partial charge in [-0.3, -0.25) is 9.59 Å². The van der Waals surface area contributed by atoms with E-state index in [2.05, 4.69) is 24.3 Å². The minimum atomic E-state index is -0.382. The molecule has 0 aromatic heterocycles. The molecule has 6 nitrogen and oxygen atoms in total. The molecule has 0 amide bonds. The number of rotatable bonds is 4. The van der Waals surface area contributed by atoms with Crippen LogP contribution in [0.5, 0.6) is 23.0 Å². The molecular formula is C38H28O6. The summed E-state index contributed by atoms with van der Waals surface area (Å²) in [7, 11) is 6.47. The molecule has 0 radical (unpaired) electrons. The molecule has 2 unspecified atom stereocenters. The van der Waals surface area contributed by atoms with Crippen molar-refractivity contribution in [2.75, 3.05) is 28.4 Å². The van der Waals surface area contributed by atoms with E-state index in [-0.39, 0.29) is 35.2 Å². The Bertz CT molecular complexity index is 1790. The first-order valence-electron chi connectivity index (χ1n) is 14.8. The lowest BCUT2D eigenvalue weighted by Gasteiger charge is -2.49. The second-order valence-corrected chi connectivity index (χ2v) is 12.0. The Kier molecular flexibility index (Phi) is 5.04. The lowest BCUT2D eigenvalue weighted by atomic mass is 9.51. The van der Waals surface area contributed by atoms with Crippen molar-refractivity contribution in [1.82, 2.24) is 0 Å². The van der Waals surface area contributed by atoms with Crippen LogP contribution in [-0.4, -0.2) is 40.0 Å². The Morgan fingerprint density at radius 1 is 0.386 bits per heavy atom. The number of carbonyl (C=O) groups excluding carboxylic acids is 2. The third kappa shape index (κ3) is 2.86. The van der Waals surface area contributed by atoms with Crippen molar-refractivity contribution in [3.8, 4) is 23.0 Å². The summed E-state index contributed by atoms with van der Waals surface area (Å²) in [6, 6.07) is 24.3. The lowest BCUT2D eigenvalue weighted by molar-refractivity contribution is -0.117. The molecule has 44 heavy (non-hydrogen) atoms. The van der Waals surface area contributed by atoms with Gasteiger partial charge in [0.05, 0.1) is 28.4 Å². The van der Waals surface area contributed by atoms with Gasteiger partial charge in [-0.15, -0.1) is 0 Å². The molecule has 0 heterocycles. The van der Waals surface area contributed by atoms with Crippen LogP contribution in [0.4, 0.5) is 0 Å². The zero-order valence-electron chi connectivity index (χ0n) is 24.7. The maximum Gasteiger partial charge on any atom is 0.187 e. The lowest BCUT2D eigenvalue weighted by Crippen LogP contribution is -2.43. The van der Waals surface area contributed by atoms with Gasteiger partial charge < -0.3 is 18.9 Å². The molecule has 0 N–H and O–H groups in total. The highest BCUT2D eigenvalue weighted by Crippen LogP contribution is 2.65. The average Bonchev–Trinajstić information content (AvgIpc) is 3.08. The topological polar surface area (TPSA) is 71.1 Å². The smallest absolute Gasteiger partial charge is 0.187 e. The van der Waals surface area contributed by atoms with Crippen LogP contribution in [-0.2, 0) is 9.59 Å². The van der Waals surface area contributed by atoms with Gasteiger partial charge in [-0.2, -0.15) is 0 Å². The van der Waals surface area contributed by atoms with Crippen molar-refractivity contribution in [3.63, 3.8) is 0 Å². The molecule has 7 aliphatic rings. The molecule has 4 aromatic carbocycles. The van der Waals surface area contributed by atoms with Crippen molar-refractivity contribution in [2.24, 2.45) is 0 Å². The van der Waals surface area contributed by atoms with Gasteiger partial charge in [0, 0.05) is 46.0 Å². The average molecular weight is 581 g/mol. The van der Waals surface area contributed by atoms with Crippen LogP contribution >= 0.6 is 0 Å². The van der Waals surface area contributed by atoms with E-state index in [0.717, 1.165) is 44.5 Å². The number of hydrogen-bond acceptors (Lipinski definition) is 6. The fourth-order valence-corrected chi connectivity index (χ4v) is 8.73. The van der Waals surface area contributed by atoms with Gasteiger partial charge in [-0.25, -0.2) is 0 Å². The quantitative estimate of drug-likeness (QED) is 0.262. The van der Waals surface area contributed by atoms with Gasteiger partial charge in [0.1, 0.15) is 0 Å². The first-order chi connectivity index (χ1) is 21.5. The Hall–Kier alpha value is -5.10. The number of ether oxygens (including phenoxy) is 4. The third-order valence-electron chi connectivity index (χ3n) is 10.4.